The third-order valence-corrected chi connectivity index (χ3v) is 4.52. The summed E-state index contributed by atoms with van der Waals surface area (Å²) in [5.41, 5.74) is 2.96. The van der Waals surface area contributed by atoms with E-state index in [1.807, 2.05) is 24.3 Å². The van der Waals surface area contributed by atoms with Gasteiger partial charge in [0, 0.05) is 37.4 Å². The van der Waals surface area contributed by atoms with Crippen molar-refractivity contribution in [2.24, 2.45) is 0 Å². The highest BCUT2D eigenvalue weighted by atomic mass is 19.1. The topological polar surface area (TPSA) is 39.5 Å². The number of nitrogens with zero attached hydrogens (tertiary/aromatic N) is 3. The van der Waals surface area contributed by atoms with Crippen LogP contribution in [-0.2, 0) is 0 Å². The van der Waals surface area contributed by atoms with Crippen molar-refractivity contribution in [2.45, 2.75) is 6.92 Å². The van der Waals surface area contributed by atoms with Crippen LogP contribution in [0.1, 0.15) is 11.1 Å². The van der Waals surface area contributed by atoms with Gasteiger partial charge < -0.3 is 14.5 Å². The molecule has 0 N–H and O–H groups in total. The molecule has 1 aliphatic heterocycles. The third kappa shape index (κ3) is 3.00. The van der Waals surface area contributed by atoms with Crippen molar-refractivity contribution in [3.05, 3.63) is 53.3 Å². The van der Waals surface area contributed by atoms with Crippen molar-refractivity contribution in [1.82, 2.24) is 0 Å². The Morgan fingerprint density at radius 2 is 1.62 bits per heavy atom. The molecule has 1 heterocycles. The normalized spacial score (nSPS) is 14.4. The van der Waals surface area contributed by atoms with Gasteiger partial charge >= 0.3 is 0 Å². The molecule has 5 heteroatoms. The first-order valence-corrected chi connectivity index (χ1v) is 7.97. The van der Waals surface area contributed by atoms with E-state index in [4.69, 9.17) is 4.74 Å². The molecule has 2 aromatic rings. The second-order valence-corrected chi connectivity index (χ2v) is 5.85. The van der Waals surface area contributed by atoms with Crippen LogP contribution in [0, 0.1) is 24.1 Å². The molecule has 0 bridgehead atoms. The van der Waals surface area contributed by atoms with E-state index < -0.39 is 0 Å². The largest absolute Gasteiger partial charge is 0.497 e. The summed E-state index contributed by atoms with van der Waals surface area (Å²) in [6.45, 7) is 4.90. The molecule has 124 valence electrons. The highest BCUT2D eigenvalue weighted by molar-refractivity contribution is 5.65. The highest BCUT2D eigenvalue weighted by Gasteiger charge is 2.22. The maximum Gasteiger partial charge on any atom is 0.128 e. The Labute approximate surface area is 141 Å². The number of benzene rings is 2. The molecule has 0 spiro atoms. The summed E-state index contributed by atoms with van der Waals surface area (Å²) in [4.78, 5) is 4.40. The molecule has 0 aromatic heterocycles. The Bertz CT molecular complexity index is 759. The Balaban J connectivity index is 1.76. The zero-order valence-electron chi connectivity index (χ0n) is 13.9. The molecule has 4 nitrogen and oxygen atoms in total. The summed E-state index contributed by atoms with van der Waals surface area (Å²) in [6.07, 6.45) is 0. The summed E-state index contributed by atoms with van der Waals surface area (Å²) < 4.78 is 19.1. The van der Waals surface area contributed by atoms with Crippen LogP contribution in [0.5, 0.6) is 5.75 Å². The number of hydrogen-bond donors (Lipinski definition) is 0. The summed E-state index contributed by atoms with van der Waals surface area (Å²) >= 11 is 0. The van der Waals surface area contributed by atoms with Gasteiger partial charge in [0.15, 0.2) is 0 Å². The van der Waals surface area contributed by atoms with E-state index in [9.17, 15) is 9.65 Å². The van der Waals surface area contributed by atoms with Crippen LogP contribution in [0.3, 0.4) is 0 Å². The van der Waals surface area contributed by atoms with E-state index in [0.29, 0.717) is 11.1 Å². The van der Waals surface area contributed by atoms with Crippen LogP contribution < -0.4 is 14.5 Å². The Kier molecular flexibility index (Phi) is 4.57. The van der Waals surface area contributed by atoms with E-state index in [-0.39, 0.29) is 5.82 Å². The first-order valence-electron chi connectivity index (χ1n) is 7.97. The van der Waals surface area contributed by atoms with Crippen LogP contribution >= 0.6 is 0 Å². The minimum atomic E-state index is -0.262. The monoisotopic (exact) mass is 325 g/mol. The van der Waals surface area contributed by atoms with Crippen LogP contribution in [0.15, 0.2) is 36.4 Å². The van der Waals surface area contributed by atoms with E-state index >= 15 is 0 Å². The quantitative estimate of drug-likeness (QED) is 0.868. The zero-order chi connectivity index (χ0) is 17.1. The van der Waals surface area contributed by atoms with Gasteiger partial charge in [-0.3, -0.25) is 0 Å². The number of hydrogen-bond acceptors (Lipinski definition) is 4. The van der Waals surface area contributed by atoms with E-state index in [1.54, 1.807) is 20.1 Å². The summed E-state index contributed by atoms with van der Waals surface area (Å²) in [7, 11) is 1.65. The van der Waals surface area contributed by atoms with Crippen LogP contribution in [0.2, 0.25) is 0 Å². The van der Waals surface area contributed by atoms with Gasteiger partial charge in [-0.05, 0) is 43.3 Å². The van der Waals surface area contributed by atoms with Crippen LogP contribution in [0.4, 0.5) is 15.8 Å². The van der Waals surface area contributed by atoms with Crippen molar-refractivity contribution < 1.29 is 9.13 Å². The first kappa shape index (κ1) is 16.1. The number of rotatable bonds is 3. The number of ether oxygens (including phenoxy) is 1. The predicted molar refractivity (Wildman–Crippen MR) is 93.3 cm³/mol. The number of halogens is 1. The van der Waals surface area contributed by atoms with Gasteiger partial charge in [-0.2, -0.15) is 5.26 Å². The van der Waals surface area contributed by atoms with Crippen molar-refractivity contribution in [1.29, 1.82) is 5.26 Å². The fraction of sp³-hybridized carbons (Fsp3) is 0.316. The van der Waals surface area contributed by atoms with Gasteiger partial charge in [-0.1, -0.05) is 0 Å². The highest BCUT2D eigenvalue weighted by Crippen LogP contribution is 2.29. The van der Waals surface area contributed by atoms with Crippen molar-refractivity contribution in [3.8, 4) is 11.8 Å². The van der Waals surface area contributed by atoms with E-state index in [1.165, 1.54) is 6.07 Å². The number of methoxy groups -OCH3 is 1. The molecule has 3 rings (SSSR count). The molecule has 24 heavy (non-hydrogen) atoms. The van der Waals surface area contributed by atoms with Crippen LogP contribution in [-0.4, -0.2) is 33.3 Å². The lowest BCUT2D eigenvalue weighted by molar-refractivity contribution is 0.415. The molecule has 2 aromatic carbocycles. The standard InChI is InChI=1S/C19H20FN3O/c1-14-18(20)8-3-15(13-21)19(14)23-11-9-22(10-12-23)16-4-6-17(24-2)7-5-16/h3-8H,9-12H2,1-2H3. The molecule has 1 fully saturated rings. The number of piperazine rings is 1. The minimum absolute atomic E-state index is 0.262. The average Bonchev–Trinajstić information content (AvgIpc) is 2.64. The SMILES string of the molecule is COc1ccc(N2CCN(c3c(C#N)ccc(F)c3C)CC2)cc1. The summed E-state index contributed by atoms with van der Waals surface area (Å²) in [5, 5.41) is 9.32. The van der Waals surface area contributed by atoms with Gasteiger partial charge in [-0.15, -0.1) is 0 Å². The minimum Gasteiger partial charge on any atom is -0.497 e. The molecular formula is C19H20FN3O. The molecule has 1 saturated heterocycles. The van der Waals surface area contributed by atoms with Crippen LogP contribution in [0.25, 0.3) is 0 Å². The predicted octanol–water partition coefficient (Wildman–Crippen LogP) is 3.34. The lowest BCUT2D eigenvalue weighted by Gasteiger charge is -2.38. The molecule has 0 atom stereocenters. The van der Waals surface area contributed by atoms with Gasteiger partial charge in [0.2, 0.25) is 0 Å². The van der Waals surface area contributed by atoms with Gasteiger partial charge in [0.25, 0.3) is 0 Å². The lowest BCUT2D eigenvalue weighted by atomic mass is 10.1. The first-order chi connectivity index (χ1) is 11.6. The molecule has 1 aliphatic rings. The molecular weight excluding hydrogens is 305 g/mol. The molecule has 0 amide bonds. The molecule has 0 saturated carbocycles. The maximum absolute atomic E-state index is 13.9. The van der Waals surface area contributed by atoms with E-state index in [2.05, 4.69) is 15.9 Å². The average molecular weight is 325 g/mol. The smallest absolute Gasteiger partial charge is 0.128 e. The fourth-order valence-electron chi connectivity index (χ4n) is 3.15. The second-order valence-electron chi connectivity index (χ2n) is 5.85. The van der Waals surface area contributed by atoms with Crippen molar-refractivity contribution in [3.63, 3.8) is 0 Å². The summed E-state index contributed by atoms with van der Waals surface area (Å²) in [5.74, 6) is 0.577. The number of nitriles is 1. The lowest BCUT2D eigenvalue weighted by Crippen LogP contribution is -2.47. The fourth-order valence-corrected chi connectivity index (χ4v) is 3.15. The van der Waals surface area contributed by atoms with Crippen molar-refractivity contribution >= 4 is 11.4 Å². The third-order valence-electron chi connectivity index (χ3n) is 4.52. The molecule has 0 unspecified atom stereocenters. The molecule has 0 radical (unpaired) electrons. The number of anilines is 2. The Morgan fingerprint density at radius 3 is 2.21 bits per heavy atom. The molecule has 0 aliphatic carbocycles. The second kappa shape index (κ2) is 6.79. The van der Waals surface area contributed by atoms with Crippen molar-refractivity contribution in [2.75, 3.05) is 43.1 Å². The van der Waals surface area contributed by atoms with Gasteiger partial charge in [0.1, 0.15) is 17.6 Å². The summed E-state index contributed by atoms with van der Waals surface area (Å²) in [6, 6.07) is 13.1. The maximum atomic E-state index is 13.9. The Morgan fingerprint density at radius 1 is 1.00 bits per heavy atom. The van der Waals surface area contributed by atoms with E-state index in [0.717, 1.165) is 43.3 Å². The zero-order valence-corrected chi connectivity index (χ0v) is 13.9. The van der Waals surface area contributed by atoms with Gasteiger partial charge in [0.05, 0.1) is 18.4 Å². The Hall–Kier alpha value is -2.74. The van der Waals surface area contributed by atoms with Gasteiger partial charge in [-0.25, -0.2) is 4.39 Å².